The van der Waals surface area contributed by atoms with Crippen LogP contribution in [0.25, 0.3) is 0 Å². The third-order valence-electron chi connectivity index (χ3n) is 2.25. The van der Waals surface area contributed by atoms with Gasteiger partial charge >= 0.3 is 5.97 Å². The highest BCUT2D eigenvalue weighted by Crippen LogP contribution is 2.25. The number of anilines is 1. The summed E-state index contributed by atoms with van der Waals surface area (Å²) < 4.78 is 13.8. The van der Waals surface area contributed by atoms with Crippen molar-refractivity contribution in [2.45, 2.75) is 6.54 Å². The molecule has 0 bridgehead atoms. The lowest BCUT2D eigenvalue weighted by atomic mass is 10.3. The van der Waals surface area contributed by atoms with Gasteiger partial charge in [0, 0.05) is 15.9 Å². The number of aromatic carboxylic acids is 1. The molecular weight excluding hydrogens is 321 g/mol. The largest absolute Gasteiger partial charge is 0.477 e. The summed E-state index contributed by atoms with van der Waals surface area (Å²) in [6.07, 6.45) is 0. The summed E-state index contributed by atoms with van der Waals surface area (Å²) in [5.74, 6) is -1.25. The van der Waals surface area contributed by atoms with E-state index in [4.69, 9.17) is 5.11 Å². The zero-order valence-corrected chi connectivity index (χ0v) is 11.5. The maximum absolute atomic E-state index is 13.0. The Morgan fingerprint density at radius 3 is 2.83 bits per heavy atom. The Labute approximate surface area is 115 Å². The summed E-state index contributed by atoms with van der Waals surface area (Å²) in [4.78, 5) is 11.9. The molecule has 18 heavy (non-hydrogen) atoms. The fourth-order valence-corrected chi connectivity index (χ4v) is 2.58. The van der Waals surface area contributed by atoms with Gasteiger partial charge in [0.2, 0.25) is 0 Å². The van der Waals surface area contributed by atoms with Gasteiger partial charge in [0.1, 0.15) is 10.7 Å². The van der Waals surface area contributed by atoms with Crippen LogP contribution in [0.4, 0.5) is 10.1 Å². The number of hydrogen-bond donors (Lipinski definition) is 2. The molecule has 2 N–H and O–H groups in total. The van der Waals surface area contributed by atoms with E-state index in [9.17, 15) is 9.18 Å². The fraction of sp³-hybridized carbons (Fsp3) is 0.0833. The van der Waals surface area contributed by atoms with E-state index in [0.29, 0.717) is 17.1 Å². The summed E-state index contributed by atoms with van der Waals surface area (Å²) >= 11 is 4.51. The maximum atomic E-state index is 13.0. The quantitative estimate of drug-likeness (QED) is 0.892. The molecule has 0 atom stereocenters. The van der Waals surface area contributed by atoms with Gasteiger partial charge in [-0.2, -0.15) is 0 Å². The molecule has 0 fully saturated rings. The average Bonchev–Trinajstić information content (AvgIpc) is 2.79. The highest BCUT2D eigenvalue weighted by molar-refractivity contribution is 9.10. The summed E-state index contributed by atoms with van der Waals surface area (Å²) in [6, 6.07) is 7.67. The molecule has 0 aliphatic rings. The number of thiophene rings is 1. The smallest absolute Gasteiger partial charge is 0.345 e. The van der Waals surface area contributed by atoms with Gasteiger partial charge in [-0.05, 0) is 46.3 Å². The average molecular weight is 330 g/mol. The molecule has 0 saturated heterocycles. The van der Waals surface area contributed by atoms with E-state index < -0.39 is 5.97 Å². The molecule has 1 aromatic heterocycles. The van der Waals surface area contributed by atoms with Gasteiger partial charge in [0.25, 0.3) is 0 Å². The molecule has 0 aliphatic carbocycles. The Balaban J connectivity index is 2.06. The second-order valence-corrected chi connectivity index (χ2v) is 5.57. The molecule has 0 amide bonds. The number of halogens is 2. The van der Waals surface area contributed by atoms with Crippen molar-refractivity contribution in [3.05, 3.63) is 50.4 Å². The van der Waals surface area contributed by atoms with E-state index in [1.807, 2.05) is 0 Å². The van der Waals surface area contributed by atoms with E-state index in [1.54, 1.807) is 18.2 Å². The highest BCUT2D eigenvalue weighted by Gasteiger charge is 2.07. The normalized spacial score (nSPS) is 10.3. The van der Waals surface area contributed by atoms with Crippen LogP contribution < -0.4 is 5.32 Å². The lowest BCUT2D eigenvalue weighted by molar-refractivity contribution is 0.0702. The number of benzene rings is 1. The van der Waals surface area contributed by atoms with Crippen molar-refractivity contribution in [1.82, 2.24) is 0 Å². The van der Waals surface area contributed by atoms with E-state index in [2.05, 4.69) is 21.2 Å². The molecule has 94 valence electrons. The van der Waals surface area contributed by atoms with Crippen LogP contribution in [0.2, 0.25) is 0 Å². The van der Waals surface area contributed by atoms with E-state index >= 15 is 0 Å². The number of carboxylic acids is 1. The topological polar surface area (TPSA) is 49.3 Å². The first-order valence-corrected chi connectivity index (χ1v) is 6.68. The van der Waals surface area contributed by atoms with Crippen LogP contribution in [0.1, 0.15) is 14.5 Å². The molecule has 1 aromatic carbocycles. The van der Waals surface area contributed by atoms with Crippen molar-refractivity contribution in [3.63, 3.8) is 0 Å². The lowest BCUT2D eigenvalue weighted by Gasteiger charge is -2.07. The molecule has 2 rings (SSSR count). The molecule has 0 radical (unpaired) electrons. The van der Waals surface area contributed by atoms with E-state index in [0.717, 1.165) is 9.35 Å². The monoisotopic (exact) mass is 329 g/mol. The minimum absolute atomic E-state index is 0.296. The first kappa shape index (κ1) is 13.0. The minimum Gasteiger partial charge on any atom is -0.477 e. The van der Waals surface area contributed by atoms with Crippen LogP contribution in [0, 0.1) is 5.82 Å². The van der Waals surface area contributed by atoms with Crippen molar-refractivity contribution >= 4 is 38.9 Å². The molecule has 0 aliphatic heterocycles. The van der Waals surface area contributed by atoms with Crippen LogP contribution in [-0.4, -0.2) is 11.1 Å². The second-order valence-electron chi connectivity index (χ2n) is 3.55. The third-order valence-corrected chi connectivity index (χ3v) is 4.02. The van der Waals surface area contributed by atoms with Gasteiger partial charge in [-0.25, -0.2) is 9.18 Å². The molecular formula is C12H9BrFNO2S. The van der Waals surface area contributed by atoms with Crippen LogP contribution in [0.15, 0.2) is 34.8 Å². The first-order valence-electron chi connectivity index (χ1n) is 5.07. The van der Waals surface area contributed by atoms with Crippen molar-refractivity contribution in [2.24, 2.45) is 0 Å². The number of hydrogen-bond acceptors (Lipinski definition) is 3. The molecule has 0 spiro atoms. The van der Waals surface area contributed by atoms with Gasteiger partial charge in [-0.3, -0.25) is 0 Å². The van der Waals surface area contributed by atoms with E-state index in [1.165, 1.54) is 23.5 Å². The standard InChI is InChI=1S/C12H9BrFNO2S/c13-9-3-1-7(14)5-10(9)15-6-8-2-4-11(18-8)12(16)17/h1-5,15H,6H2,(H,16,17). The third kappa shape index (κ3) is 3.08. The van der Waals surface area contributed by atoms with Crippen LogP contribution in [0.5, 0.6) is 0 Å². The Morgan fingerprint density at radius 1 is 1.39 bits per heavy atom. The zero-order valence-electron chi connectivity index (χ0n) is 9.11. The summed E-state index contributed by atoms with van der Waals surface area (Å²) in [7, 11) is 0. The molecule has 2 aromatic rings. The maximum Gasteiger partial charge on any atom is 0.345 e. The fourth-order valence-electron chi connectivity index (χ4n) is 1.40. The highest BCUT2D eigenvalue weighted by atomic mass is 79.9. The van der Waals surface area contributed by atoms with Gasteiger partial charge in [0.05, 0.1) is 5.69 Å². The Hall–Kier alpha value is -1.40. The number of rotatable bonds is 4. The summed E-state index contributed by atoms with van der Waals surface area (Å²) in [5, 5.41) is 11.8. The van der Waals surface area contributed by atoms with Gasteiger partial charge in [-0.1, -0.05) is 0 Å². The number of nitrogens with one attached hydrogen (secondary N) is 1. The Morgan fingerprint density at radius 2 is 2.17 bits per heavy atom. The molecule has 3 nitrogen and oxygen atoms in total. The summed E-state index contributed by atoms with van der Waals surface area (Å²) in [5.41, 5.74) is 0.639. The van der Waals surface area contributed by atoms with Crippen LogP contribution >= 0.6 is 27.3 Å². The van der Waals surface area contributed by atoms with Gasteiger partial charge in [-0.15, -0.1) is 11.3 Å². The van der Waals surface area contributed by atoms with Crippen molar-refractivity contribution in [3.8, 4) is 0 Å². The molecule has 6 heteroatoms. The van der Waals surface area contributed by atoms with E-state index in [-0.39, 0.29) is 5.82 Å². The predicted octanol–water partition coefficient (Wildman–Crippen LogP) is 3.96. The minimum atomic E-state index is -0.932. The summed E-state index contributed by atoms with van der Waals surface area (Å²) in [6.45, 7) is 0.458. The second kappa shape index (κ2) is 5.49. The first-order chi connectivity index (χ1) is 8.56. The van der Waals surface area contributed by atoms with Crippen molar-refractivity contribution in [2.75, 3.05) is 5.32 Å². The van der Waals surface area contributed by atoms with Crippen LogP contribution in [-0.2, 0) is 6.54 Å². The SMILES string of the molecule is O=C(O)c1ccc(CNc2cc(F)ccc2Br)s1. The van der Waals surface area contributed by atoms with Gasteiger partial charge < -0.3 is 10.4 Å². The lowest BCUT2D eigenvalue weighted by Crippen LogP contribution is -1.98. The van der Waals surface area contributed by atoms with Crippen molar-refractivity contribution < 1.29 is 14.3 Å². The van der Waals surface area contributed by atoms with Gasteiger partial charge in [0.15, 0.2) is 0 Å². The number of carbonyl (C=O) groups is 1. The van der Waals surface area contributed by atoms with Crippen LogP contribution in [0.3, 0.4) is 0 Å². The molecule has 0 unspecified atom stereocenters. The zero-order chi connectivity index (χ0) is 13.1. The molecule has 1 heterocycles. The number of carboxylic acid groups (broad SMARTS) is 1. The predicted molar refractivity (Wildman–Crippen MR) is 72.7 cm³/mol. The Kier molecular flexibility index (Phi) is 3.98. The Bertz CT molecular complexity index is 585. The molecule has 0 saturated carbocycles. The van der Waals surface area contributed by atoms with Crippen molar-refractivity contribution in [1.29, 1.82) is 0 Å².